The molecule has 3 nitrogen and oxygen atoms in total. The monoisotopic (exact) mass is 239 g/mol. The molecule has 1 aromatic carbocycles. The maximum absolute atomic E-state index is 11.4. The lowest BCUT2D eigenvalue weighted by molar-refractivity contribution is -0.151. The summed E-state index contributed by atoms with van der Waals surface area (Å²) in [6, 6.07) is 7.66. The molecule has 1 saturated carbocycles. The second-order valence-corrected chi connectivity index (χ2v) is 4.68. The molecular formula is C12H14ClNO2. The van der Waals surface area contributed by atoms with Crippen LogP contribution in [0.15, 0.2) is 24.3 Å². The zero-order valence-electron chi connectivity index (χ0n) is 9.07. The van der Waals surface area contributed by atoms with Crippen LogP contribution in [0.25, 0.3) is 0 Å². The molecule has 2 rings (SSSR count). The van der Waals surface area contributed by atoms with Crippen LogP contribution in [0.1, 0.15) is 24.3 Å². The summed E-state index contributed by atoms with van der Waals surface area (Å²) in [5.74, 6) is -0.0754. The van der Waals surface area contributed by atoms with Gasteiger partial charge in [0, 0.05) is 5.02 Å². The number of ether oxygens (including phenoxy) is 1. The minimum Gasteiger partial charge on any atom is -0.468 e. The van der Waals surface area contributed by atoms with Crippen molar-refractivity contribution in [3.8, 4) is 0 Å². The van der Waals surface area contributed by atoms with Crippen molar-refractivity contribution in [1.29, 1.82) is 0 Å². The van der Waals surface area contributed by atoms with E-state index < -0.39 is 5.54 Å². The van der Waals surface area contributed by atoms with E-state index in [0.29, 0.717) is 12.8 Å². The Bertz CT molecular complexity index is 413. The fourth-order valence-corrected chi connectivity index (χ4v) is 2.51. The van der Waals surface area contributed by atoms with Crippen molar-refractivity contribution in [3.05, 3.63) is 34.9 Å². The lowest BCUT2D eigenvalue weighted by atomic mass is 9.66. The highest BCUT2D eigenvalue weighted by Gasteiger charge is 2.48. The summed E-state index contributed by atoms with van der Waals surface area (Å²) in [6.45, 7) is 0. The predicted octanol–water partition coefficient (Wildman–Crippen LogP) is 2.09. The van der Waals surface area contributed by atoms with E-state index in [4.69, 9.17) is 17.3 Å². The smallest absolute Gasteiger partial charge is 0.325 e. The van der Waals surface area contributed by atoms with E-state index in [1.165, 1.54) is 7.11 Å². The molecule has 1 aliphatic rings. The standard InChI is InChI=1S/C12H14ClNO2/c1-16-11(15)12(14)6-8(7-12)9-4-2-3-5-10(9)13/h2-5,8H,6-7,14H2,1H3. The van der Waals surface area contributed by atoms with Crippen LogP contribution < -0.4 is 5.73 Å². The van der Waals surface area contributed by atoms with E-state index >= 15 is 0 Å². The van der Waals surface area contributed by atoms with Gasteiger partial charge in [0.15, 0.2) is 0 Å². The number of hydrogen-bond acceptors (Lipinski definition) is 3. The van der Waals surface area contributed by atoms with Crippen molar-refractivity contribution in [3.63, 3.8) is 0 Å². The summed E-state index contributed by atoms with van der Waals surface area (Å²) in [4.78, 5) is 11.4. The summed E-state index contributed by atoms with van der Waals surface area (Å²) >= 11 is 6.08. The van der Waals surface area contributed by atoms with Gasteiger partial charge in [-0.2, -0.15) is 0 Å². The van der Waals surface area contributed by atoms with Crippen molar-refractivity contribution in [1.82, 2.24) is 0 Å². The number of esters is 1. The number of carbonyl (C=O) groups is 1. The number of nitrogens with two attached hydrogens (primary N) is 1. The number of benzene rings is 1. The molecule has 1 fully saturated rings. The minimum absolute atomic E-state index is 0.262. The first-order valence-electron chi connectivity index (χ1n) is 5.18. The van der Waals surface area contributed by atoms with Gasteiger partial charge >= 0.3 is 5.97 Å². The molecule has 0 atom stereocenters. The molecule has 1 aromatic rings. The van der Waals surface area contributed by atoms with E-state index in [-0.39, 0.29) is 11.9 Å². The Morgan fingerprint density at radius 2 is 2.12 bits per heavy atom. The maximum Gasteiger partial charge on any atom is 0.325 e. The first kappa shape index (κ1) is 11.4. The van der Waals surface area contributed by atoms with Gasteiger partial charge < -0.3 is 10.5 Å². The van der Waals surface area contributed by atoms with Crippen LogP contribution in [-0.4, -0.2) is 18.6 Å². The van der Waals surface area contributed by atoms with Crippen molar-refractivity contribution >= 4 is 17.6 Å². The molecule has 1 aliphatic carbocycles. The summed E-state index contributed by atoms with van der Waals surface area (Å²) in [5.41, 5.74) is 6.16. The molecule has 0 spiro atoms. The topological polar surface area (TPSA) is 52.3 Å². The van der Waals surface area contributed by atoms with E-state index in [0.717, 1.165) is 10.6 Å². The largest absolute Gasteiger partial charge is 0.468 e. The molecule has 86 valence electrons. The fourth-order valence-electron chi connectivity index (χ4n) is 2.22. The van der Waals surface area contributed by atoms with Crippen LogP contribution in [0.3, 0.4) is 0 Å². The summed E-state index contributed by atoms with van der Waals surface area (Å²) in [7, 11) is 1.36. The van der Waals surface area contributed by atoms with Gasteiger partial charge in [0.1, 0.15) is 5.54 Å². The molecular weight excluding hydrogens is 226 g/mol. The zero-order valence-corrected chi connectivity index (χ0v) is 9.83. The maximum atomic E-state index is 11.4. The third kappa shape index (κ3) is 1.81. The molecule has 0 bridgehead atoms. The van der Waals surface area contributed by atoms with Gasteiger partial charge in [-0.1, -0.05) is 29.8 Å². The van der Waals surface area contributed by atoms with Crippen LogP contribution in [0.5, 0.6) is 0 Å². The van der Waals surface area contributed by atoms with Crippen LogP contribution in [0.2, 0.25) is 5.02 Å². The molecule has 0 saturated heterocycles. The number of hydrogen-bond donors (Lipinski definition) is 1. The molecule has 0 aromatic heterocycles. The first-order chi connectivity index (χ1) is 7.57. The zero-order chi connectivity index (χ0) is 11.8. The molecule has 0 heterocycles. The Hall–Kier alpha value is -1.06. The van der Waals surface area contributed by atoms with Gasteiger partial charge in [-0.05, 0) is 30.4 Å². The molecule has 0 aliphatic heterocycles. The van der Waals surface area contributed by atoms with Gasteiger partial charge in [0.2, 0.25) is 0 Å². The molecule has 4 heteroatoms. The Balaban J connectivity index is 2.09. The number of carbonyl (C=O) groups excluding carboxylic acids is 1. The average Bonchev–Trinajstić information content (AvgIpc) is 2.25. The summed E-state index contributed by atoms with van der Waals surface area (Å²) in [5, 5.41) is 0.736. The van der Waals surface area contributed by atoms with E-state index in [1.54, 1.807) is 0 Å². The van der Waals surface area contributed by atoms with Gasteiger partial charge in [-0.25, -0.2) is 0 Å². The third-order valence-corrected chi connectivity index (χ3v) is 3.50. The lowest BCUT2D eigenvalue weighted by Gasteiger charge is -2.42. The van der Waals surface area contributed by atoms with Crippen molar-refractivity contribution in [2.75, 3.05) is 7.11 Å². The number of rotatable bonds is 2. The number of methoxy groups -OCH3 is 1. The number of halogens is 1. The second kappa shape index (κ2) is 4.07. The highest BCUT2D eigenvalue weighted by atomic mass is 35.5. The highest BCUT2D eigenvalue weighted by Crippen LogP contribution is 2.45. The molecule has 16 heavy (non-hydrogen) atoms. The van der Waals surface area contributed by atoms with Gasteiger partial charge in [0.05, 0.1) is 7.11 Å². The molecule has 0 unspecified atom stereocenters. The Kier molecular flexibility index (Phi) is 2.91. The van der Waals surface area contributed by atoms with Crippen LogP contribution in [0.4, 0.5) is 0 Å². The third-order valence-electron chi connectivity index (χ3n) is 3.16. The first-order valence-corrected chi connectivity index (χ1v) is 5.56. The van der Waals surface area contributed by atoms with Crippen LogP contribution >= 0.6 is 11.6 Å². The van der Waals surface area contributed by atoms with Crippen LogP contribution in [-0.2, 0) is 9.53 Å². The summed E-state index contributed by atoms with van der Waals surface area (Å²) in [6.07, 6.45) is 1.20. The Morgan fingerprint density at radius 3 is 2.69 bits per heavy atom. The van der Waals surface area contributed by atoms with Crippen molar-refractivity contribution in [2.24, 2.45) is 5.73 Å². The van der Waals surface area contributed by atoms with Crippen molar-refractivity contribution < 1.29 is 9.53 Å². The van der Waals surface area contributed by atoms with E-state index in [9.17, 15) is 4.79 Å². The SMILES string of the molecule is COC(=O)C1(N)CC(c2ccccc2Cl)C1. The predicted molar refractivity (Wildman–Crippen MR) is 62.4 cm³/mol. The van der Waals surface area contributed by atoms with Gasteiger partial charge in [-0.15, -0.1) is 0 Å². The van der Waals surface area contributed by atoms with E-state index in [1.807, 2.05) is 24.3 Å². The Labute approximate surface area is 99.5 Å². The lowest BCUT2D eigenvalue weighted by Crippen LogP contribution is -2.57. The average molecular weight is 240 g/mol. The van der Waals surface area contributed by atoms with E-state index in [2.05, 4.69) is 4.74 Å². The van der Waals surface area contributed by atoms with Gasteiger partial charge in [0.25, 0.3) is 0 Å². The quantitative estimate of drug-likeness (QED) is 0.804. The molecule has 0 radical (unpaired) electrons. The molecule has 2 N–H and O–H groups in total. The van der Waals surface area contributed by atoms with Crippen LogP contribution in [0, 0.1) is 0 Å². The normalized spacial score (nSPS) is 28.3. The van der Waals surface area contributed by atoms with Gasteiger partial charge in [-0.3, -0.25) is 4.79 Å². The highest BCUT2D eigenvalue weighted by molar-refractivity contribution is 6.31. The molecule has 0 amide bonds. The van der Waals surface area contributed by atoms with Crippen molar-refractivity contribution in [2.45, 2.75) is 24.3 Å². The summed E-state index contributed by atoms with van der Waals surface area (Å²) < 4.78 is 4.67. The Morgan fingerprint density at radius 1 is 1.50 bits per heavy atom. The second-order valence-electron chi connectivity index (χ2n) is 4.27. The fraction of sp³-hybridized carbons (Fsp3) is 0.417. The minimum atomic E-state index is -0.821.